The number of alkyl halides is 1. The lowest BCUT2D eigenvalue weighted by Crippen LogP contribution is -2.42. The standard InChI is InChI=1S/C13H17BrN4/c1-10-9-12-13(15-6-8-18(12)16-10)17(7-5-14)11-3-2-4-11/h6,8-9,11H,2-5,7H2,1H3. The average Bonchev–Trinajstić information content (AvgIpc) is 2.66. The lowest BCUT2D eigenvalue weighted by molar-refractivity contribution is 0.389. The van der Waals surface area contributed by atoms with Crippen LogP contribution in [0.1, 0.15) is 25.0 Å². The molecule has 0 aliphatic heterocycles. The summed E-state index contributed by atoms with van der Waals surface area (Å²) in [4.78, 5) is 7.01. The molecule has 1 saturated carbocycles. The molecule has 2 aromatic heterocycles. The molecule has 0 amide bonds. The lowest BCUT2D eigenvalue weighted by atomic mass is 9.91. The van der Waals surface area contributed by atoms with Crippen molar-refractivity contribution in [2.24, 2.45) is 0 Å². The zero-order valence-corrected chi connectivity index (χ0v) is 12.1. The first kappa shape index (κ1) is 12.0. The van der Waals surface area contributed by atoms with E-state index in [1.165, 1.54) is 19.3 Å². The Labute approximate surface area is 115 Å². The van der Waals surface area contributed by atoms with Crippen LogP contribution in [-0.4, -0.2) is 32.5 Å². The molecule has 3 rings (SSSR count). The fraction of sp³-hybridized carbons (Fsp3) is 0.538. The number of hydrogen-bond donors (Lipinski definition) is 0. The van der Waals surface area contributed by atoms with E-state index in [1.807, 2.05) is 23.8 Å². The number of halogens is 1. The second kappa shape index (κ2) is 4.88. The van der Waals surface area contributed by atoms with Gasteiger partial charge in [0.25, 0.3) is 0 Å². The van der Waals surface area contributed by atoms with Gasteiger partial charge in [-0.05, 0) is 32.3 Å². The van der Waals surface area contributed by atoms with Gasteiger partial charge in [-0.15, -0.1) is 0 Å². The maximum Gasteiger partial charge on any atom is 0.154 e. The summed E-state index contributed by atoms with van der Waals surface area (Å²) in [6.45, 7) is 3.02. The number of hydrogen-bond acceptors (Lipinski definition) is 3. The Bertz CT molecular complexity index is 547. The van der Waals surface area contributed by atoms with E-state index in [-0.39, 0.29) is 0 Å². The molecule has 0 unspecified atom stereocenters. The molecule has 4 nitrogen and oxygen atoms in total. The van der Waals surface area contributed by atoms with Gasteiger partial charge in [-0.1, -0.05) is 15.9 Å². The van der Waals surface area contributed by atoms with Crippen molar-refractivity contribution in [2.45, 2.75) is 32.2 Å². The molecular weight excluding hydrogens is 292 g/mol. The lowest BCUT2D eigenvalue weighted by Gasteiger charge is -2.38. The molecule has 2 heterocycles. The molecule has 18 heavy (non-hydrogen) atoms. The van der Waals surface area contributed by atoms with E-state index >= 15 is 0 Å². The van der Waals surface area contributed by atoms with Crippen LogP contribution in [0.15, 0.2) is 18.5 Å². The van der Waals surface area contributed by atoms with Gasteiger partial charge in [-0.2, -0.15) is 5.10 Å². The van der Waals surface area contributed by atoms with Crippen LogP contribution in [0.5, 0.6) is 0 Å². The maximum atomic E-state index is 4.59. The van der Waals surface area contributed by atoms with Crippen LogP contribution in [-0.2, 0) is 0 Å². The highest BCUT2D eigenvalue weighted by molar-refractivity contribution is 9.09. The molecule has 0 saturated heterocycles. The summed E-state index contributed by atoms with van der Waals surface area (Å²) in [6, 6.07) is 2.76. The Morgan fingerprint density at radius 1 is 1.50 bits per heavy atom. The van der Waals surface area contributed by atoms with Crippen molar-refractivity contribution in [2.75, 3.05) is 16.8 Å². The topological polar surface area (TPSA) is 33.4 Å². The molecule has 5 heteroatoms. The molecule has 0 aromatic carbocycles. The number of rotatable bonds is 4. The third kappa shape index (κ3) is 2.00. The van der Waals surface area contributed by atoms with Gasteiger partial charge < -0.3 is 4.90 Å². The Hall–Kier alpha value is -1.10. The predicted octanol–water partition coefficient (Wildman–Crippen LogP) is 2.79. The molecule has 96 valence electrons. The van der Waals surface area contributed by atoms with Gasteiger partial charge in [-0.3, -0.25) is 0 Å². The summed E-state index contributed by atoms with van der Waals surface area (Å²) in [5.41, 5.74) is 2.15. The van der Waals surface area contributed by atoms with Crippen molar-refractivity contribution in [1.29, 1.82) is 0 Å². The summed E-state index contributed by atoms with van der Waals surface area (Å²) >= 11 is 3.55. The SMILES string of the molecule is Cc1cc2c(N(CCBr)C3CCC3)nccn2n1. The zero-order chi connectivity index (χ0) is 12.5. The molecule has 0 spiro atoms. The fourth-order valence-corrected chi connectivity index (χ4v) is 2.88. The van der Waals surface area contributed by atoms with Crippen LogP contribution >= 0.6 is 15.9 Å². The Morgan fingerprint density at radius 2 is 2.33 bits per heavy atom. The van der Waals surface area contributed by atoms with Crippen LogP contribution < -0.4 is 4.90 Å². The average molecular weight is 309 g/mol. The van der Waals surface area contributed by atoms with Gasteiger partial charge in [-0.25, -0.2) is 9.50 Å². The van der Waals surface area contributed by atoms with Gasteiger partial charge in [0.05, 0.1) is 5.69 Å². The minimum atomic E-state index is 0.649. The van der Waals surface area contributed by atoms with Gasteiger partial charge >= 0.3 is 0 Å². The molecule has 0 radical (unpaired) electrons. The van der Waals surface area contributed by atoms with Gasteiger partial charge in [0, 0.05) is 30.3 Å². The van der Waals surface area contributed by atoms with Crippen molar-refractivity contribution in [3.63, 3.8) is 0 Å². The van der Waals surface area contributed by atoms with Crippen molar-refractivity contribution in [1.82, 2.24) is 14.6 Å². The predicted molar refractivity (Wildman–Crippen MR) is 76.5 cm³/mol. The minimum Gasteiger partial charge on any atom is -0.351 e. The van der Waals surface area contributed by atoms with Gasteiger partial charge in [0.15, 0.2) is 5.82 Å². The van der Waals surface area contributed by atoms with Crippen LogP contribution in [0.25, 0.3) is 5.52 Å². The van der Waals surface area contributed by atoms with Crippen LogP contribution in [0.3, 0.4) is 0 Å². The van der Waals surface area contributed by atoms with Gasteiger partial charge in [0.1, 0.15) is 5.52 Å². The second-order valence-corrected chi connectivity index (χ2v) is 5.63. The molecule has 1 aliphatic carbocycles. The molecule has 1 fully saturated rings. The van der Waals surface area contributed by atoms with Crippen molar-refractivity contribution in [3.05, 3.63) is 24.2 Å². The largest absolute Gasteiger partial charge is 0.351 e. The third-order valence-electron chi connectivity index (χ3n) is 3.60. The van der Waals surface area contributed by atoms with E-state index in [4.69, 9.17) is 0 Å². The number of anilines is 1. The summed E-state index contributed by atoms with van der Waals surface area (Å²) in [6.07, 6.45) is 7.66. The van der Waals surface area contributed by atoms with Crippen LogP contribution in [0, 0.1) is 6.92 Å². The Kier molecular flexibility index (Phi) is 3.24. The van der Waals surface area contributed by atoms with Crippen LogP contribution in [0.2, 0.25) is 0 Å². The first-order chi connectivity index (χ1) is 8.79. The molecule has 2 aromatic rings. The van der Waals surface area contributed by atoms with E-state index in [2.05, 4.69) is 37.0 Å². The minimum absolute atomic E-state index is 0.649. The highest BCUT2D eigenvalue weighted by Crippen LogP contribution is 2.30. The molecule has 0 bridgehead atoms. The van der Waals surface area contributed by atoms with E-state index in [0.717, 1.165) is 28.9 Å². The second-order valence-electron chi connectivity index (χ2n) is 4.83. The zero-order valence-electron chi connectivity index (χ0n) is 10.5. The van der Waals surface area contributed by atoms with Crippen LogP contribution in [0.4, 0.5) is 5.82 Å². The van der Waals surface area contributed by atoms with Crippen molar-refractivity contribution < 1.29 is 0 Å². The first-order valence-electron chi connectivity index (χ1n) is 6.43. The van der Waals surface area contributed by atoms with E-state index in [9.17, 15) is 0 Å². The number of aryl methyl sites for hydroxylation is 1. The molecule has 0 N–H and O–H groups in total. The summed E-state index contributed by atoms with van der Waals surface area (Å²) in [7, 11) is 0. The van der Waals surface area contributed by atoms with E-state index in [0.29, 0.717) is 6.04 Å². The summed E-state index contributed by atoms with van der Waals surface area (Å²) in [5.74, 6) is 1.07. The number of aromatic nitrogens is 3. The van der Waals surface area contributed by atoms with E-state index < -0.39 is 0 Å². The normalized spacial score (nSPS) is 15.9. The van der Waals surface area contributed by atoms with Gasteiger partial charge in [0.2, 0.25) is 0 Å². The fourth-order valence-electron chi connectivity index (χ4n) is 2.50. The third-order valence-corrected chi connectivity index (χ3v) is 3.96. The van der Waals surface area contributed by atoms with E-state index in [1.54, 1.807) is 0 Å². The molecule has 0 atom stereocenters. The Morgan fingerprint density at radius 3 is 3.00 bits per heavy atom. The number of fused-ring (bicyclic) bond motifs is 1. The maximum absolute atomic E-state index is 4.59. The first-order valence-corrected chi connectivity index (χ1v) is 7.55. The van der Waals surface area contributed by atoms with Crippen molar-refractivity contribution in [3.8, 4) is 0 Å². The molecular formula is C13H17BrN4. The Balaban J connectivity index is 2.04. The monoisotopic (exact) mass is 308 g/mol. The summed E-state index contributed by atoms with van der Waals surface area (Å²) in [5, 5.41) is 5.43. The highest BCUT2D eigenvalue weighted by atomic mass is 79.9. The van der Waals surface area contributed by atoms with Crippen molar-refractivity contribution >= 4 is 27.3 Å². The smallest absolute Gasteiger partial charge is 0.154 e. The summed E-state index contributed by atoms with van der Waals surface area (Å²) < 4.78 is 1.93. The quantitative estimate of drug-likeness (QED) is 0.814. The number of nitrogens with zero attached hydrogens (tertiary/aromatic N) is 4. The molecule has 1 aliphatic rings. The highest BCUT2D eigenvalue weighted by Gasteiger charge is 2.27.